The van der Waals surface area contributed by atoms with Gasteiger partial charge in [0, 0.05) is 24.7 Å². The molecule has 2 bridgehead atoms. The smallest absolute Gasteiger partial charge is 0.238 e. The Hall–Kier alpha value is -2.37. The van der Waals surface area contributed by atoms with Crippen LogP contribution in [-0.2, 0) is 19.2 Å². The van der Waals surface area contributed by atoms with Crippen LogP contribution in [-0.4, -0.2) is 23.4 Å². The summed E-state index contributed by atoms with van der Waals surface area (Å²) in [6, 6.07) is 5.05. The number of anilines is 1. The van der Waals surface area contributed by atoms with E-state index in [1.54, 1.807) is 0 Å². The highest BCUT2D eigenvalue weighted by Crippen LogP contribution is 2.50. The van der Waals surface area contributed by atoms with Crippen molar-refractivity contribution >= 4 is 29.1 Å². The summed E-state index contributed by atoms with van der Waals surface area (Å²) < 4.78 is 13.0. The Morgan fingerprint density at radius 3 is 1.73 bits per heavy atom. The van der Waals surface area contributed by atoms with Gasteiger partial charge >= 0.3 is 0 Å². The number of fused-ring (bicyclic) bond motifs is 2. The number of nitrogens with zero attached hydrogens (tertiary/aromatic N) is 1. The number of benzene rings is 1. The number of imide groups is 1. The average molecular weight is 301 g/mol. The zero-order valence-corrected chi connectivity index (χ0v) is 11.5. The Morgan fingerprint density at radius 2 is 1.27 bits per heavy atom. The molecule has 4 fully saturated rings. The number of carbonyl (C=O) groups is 4. The molecule has 1 saturated heterocycles. The van der Waals surface area contributed by atoms with Gasteiger partial charge in [0.1, 0.15) is 17.4 Å². The summed E-state index contributed by atoms with van der Waals surface area (Å²) in [6.45, 7) is 0. The molecule has 3 aliphatic carbocycles. The highest BCUT2D eigenvalue weighted by atomic mass is 19.1. The monoisotopic (exact) mass is 301 g/mol. The molecule has 112 valence electrons. The van der Waals surface area contributed by atoms with E-state index in [4.69, 9.17) is 0 Å². The molecule has 5 nitrogen and oxygen atoms in total. The average Bonchev–Trinajstić information content (AvgIpc) is 2.75. The van der Waals surface area contributed by atoms with Crippen molar-refractivity contribution in [3.05, 3.63) is 30.1 Å². The Labute approximate surface area is 125 Å². The van der Waals surface area contributed by atoms with Gasteiger partial charge in [-0.05, 0) is 24.3 Å². The normalized spacial score (nSPS) is 33.6. The minimum Gasteiger partial charge on any atom is -0.299 e. The van der Waals surface area contributed by atoms with E-state index in [2.05, 4.69) is 0 Å². The summed E-state index contributed by atoms with van der Waals surface area (Å²) in [7, 11) is 0. The largest absolute Gasteiger partial charge is 0.299 e. The maximum atomic E-state index is 13.0. The molecule has 0 aromatic heterocycles. The maximum absolute atomic E-state index is 13.0. The summed E-state index contributed by atoms with van der Waals surface area (Å²) in [5, 5.41) is 0. The Bertz CT molecular complexity index is 686. The molecule has 4 aliphatic rings. The number of Topliss-reactive ketones (excluding diaryl/α,β-unsaturated/α-hetero) is 2. The molecule has 0 spiro atoms. The van der Waals surface area contributed by atoms with Crippen molar-refractivity contribution in [1.82, 2.24) is 0 Å². The SMILES string of the molecule is O=C1C[C@@H]2C(=O)C[C@H]1[C@H]1C(=O)N(c3ccc(F)cc3)C(=O)[C@@H]12. The van der Waals surface area contributed by atoms with Crippen molar-refractivity contribution in [2.24, 2.45) is 23.7 Å². The van der Waals surface area contributed by atoms with Gasteiger partial charge in [-0.25, -0.2) is 4.39 Å². The zero-order valence-electron chi connectivity index (χ0n) is 11.5. The van der Waals surface area contributed by atoms with Gasteiger partial charge < -0.3 is 0 Å². The molecule has 0 N–H and O–H groups in total. The van der Waals surface area contributed by atoms with Crippen LogP contribution < -0.4 is 4.90 Å². The lowest BCUT2D eigenvalue weighted by Crippen LogP contribution is -2.51. The van der Waals surface area contributed by atoms with Gasteiger partial charge in [0.05, 0.1) is 17.5 Å². The number of halogens is 1. The van der Waals surface area contributed by atoms with Crippen molar-refractivity contribution < 1.29 is 23.6 Å². The fourth-order valence-electron chi connectivity index (χ4n) is 4.02. The van der Waals surface area contributed by atoms with Crippen LogP contribution in [0.2, 0.25) is 0 Å². The molecule has 1 aliphatic heterocycles. The molecule has 3 saturated carbocycles. The second-order valence-electron chi connectivity index (χ2n) is 6.09. The van der Waals surface area contributed by atoms with Crippen molar-refractivity contribution in [1.29, 1.82) is 0 Å². The number of hydrogen-bond donors (Lipinski definition) is 0. The first-order chi connectivity index (χ1) is 10.5. The van der Waals surface area contributed by atoms with E-state index in [-0.39, 0.29) is 30.1 Å². The van der Waals surface area contributed by atoms with Crippen LogP contribution in [0.15, 0.2) is 24.3 Å². The van der Waals surface area contributed by atoms with Crippen LogP contribution in [0.4, 0.5) is 10.1 Å². The van der Waals surface area contributed by atoms with E-state index in [0.29, 0.717) is 0 Å². The van der Waals surface area contributed by atoms with Crippen LogP contribution in [0.3, 0.4) is 0 Å². The van der Waals surface area contributed by atoms with Gasteiger partial charge in [-0.1, -0.05) is 0 Å². The van der Waals surface area contributed by atoms with Crippen LogP contribution in [0.25, 0.3) is 0 Å². The van der Waals surface area contributed by atoms with Gasteiger partial charge in [-0.15, -0.1) is 0 Å². The minimum absolute atomic E-state index is 0.0565. The van der Waals surface area contributed by atoms with Crippen molar-refractivity contribution in [2.75, 3.05) is 4.90 Å². The standard InChI is InChI=1S/C16H12FNO4/c17-7-1-3-8(4-2-7)18-15(21)13-9-5-11(19)10(6-12(9)20)14(13)16(18)22/h1-4,9-10,13-14H,5-6H2/t9-,10-,13-,14-/m1/s1. The summed E-state index contributed by atoms with van der Waals surface area (Å²) in [4.78, 5) is 50.3. The molecule has 2 amide bonds. The van der Waals surface area contributed by atoms with E-state index in [0.717, 1.165) is 4.90 Å². The van der Waals surface area contributed by atoms with Gasteiger partial charge in [0.2, 0.25) is 11.8 Å². The number of ketones is 2. The second kappa shape index (κ2) is 4.32. The van der Waals surface area contributed by atoms with Crippen LogP contribution in [0.1, 0.15) is 12.8 Å². The number of rotatable bonds is 1. The van der Waals surface area contributed by atoms with Crippen LogP contribution in [0, 0.1) is 29.5 Å². The predicted molar refractivity (Wildman–Crippen MR) is 72.1 cm³/mol. The molecule has 0 unspecified atom stereocenters. The lowest BCUT2D eigenvalue weighted by Gasteiger charge is -2.40. The highest BCUT2D eigenvalue weighted by molar-refractivity contribution is 6.25. The van der Waals surface area contributed by atoms with Crippen molar-refractivity contribution in [3.8, 4) is 0 Å². The summed E-state index contributed by atoms with van der Waals surface area (Å²) >= 11 is 0. The van der Waals surface area contributed by atoms with Gasteiger partial charge in [0.25, 0.3) is 0 Å². The molecule has 0 radical (unpaired) electrons. The molecular weight excluding hydrogens is 289 g/mol. The lowest BCUT2D eigenvalue weighted by molar-refractivity contribution is -0.153. The molecule has 5 rings (SSSR count). The first-order valence-corrected chi connectivity index (χ1v) is 7.18. The fourth-order valence-corrected chi connectivity index (χ4v) is 4.02. The third kappa shape index (κ3) is 1.58. The van der Waals surface area contributed by atoms with Crippen LogP contribution >= 0.6 is 0 Å². The Morgan fingerprint density at radius 1 is 0.818 bits per heavy atom. The highest BCUT2D eigenvalue weighted by Gasteiger charge is 2.63. The van der Waals surface area contributed by atoms with E-state index >= 15 is 0 Å². The lowest BCUT2D eigenvalue weighted by atomic mass is 9.58. The molecule has 1 aromatic rings. The fraction of sp³-hybridized carbons (Fsp3) is 0.375. The van der Waals surface area contributed by atoms with Crippen molar-refractivity contribution in [3.63, 3.8) is 0 Å². The molecule has 1 heterocycles. The molecule has 6 heteroatoms. The van der Waals surface area contributed by atoms with Gasteiger partial charge in [-0.3, -0.25) is 24.1 Å². The third-order valence-corrected chi connectivity index (χ3v) is 5.02. The molecule has 4 atom stereocenters. The van der Waals surface area contributed by atoms with Crippen LogP contribution in [0.5, 0.6) is 0 Å². The van der Waals surface area contributed by atoms with Gasteiger partial charge in [0.15, 0.2) is 0 Å². The molecule has 1 aromatic carbocycles. The molecule has 22 heavy (non-hydrogen) atoms. The zero-order chi connectivity index (χ0) is 15.6. The predicted octanol–water partition coefficient (Wildman–Crippen LogP) is 1.11. The third-order valence-electron chi connectivity index (χ3n) is 5.02. The first kappa shape index (κ1) is 13.3. The van der Waals surface area contributed by atoms with E-state index in [9.17, 15) is 23.6 Å². The summed E-state index contributed by atoms with van der Waals surface area (Å²) in [6.07, 6.45) is 0.113. The van der Waals surface area contributed by atoms with E-state index < -0.39 is 41.3 Å². The number of amides is 2. The Kier molecular flexibility index (Phi) is 2.61. The minimum atomic E-state index is -0.735. The maximum Gasteiger partial charge on any atom is 0.238 e. The first-order valence-electron chi connectivity index (χ1n) is 7.18. The topological polar surface area (TPSA) is 71.5 Å². The van der Waals surface area contributed by atoms with E-state index in [1.807, 2.05) is 0 Å². The Balaban J connectivity index is 1.78. The number of hydrogen-bond acceptors (Lipinski definition) is 4. The summed E-state index contributed by atoms with van der Waals surface area (Å²) in [5.74, 6) is -4.39. The second-order valence-corrected chi connectivity index (χ2v) is 6.09. The van der Waals surface area contributed by atoms with Crippen molar-refractivity contribution in [2.45, 2.75) is 12.8 Å². The quantitative estimate of drug-likeness (QED) is 0.728. The summed E-state index contributed by atoms with van der Waals surface area (Å²) in [5.41, 5.74) is 0.282. The van der Waals surface area contributed by atoms with Gasteiger partial charge in [-0.2, -0.15) is 0 Å². The number of carbonyl (C=O) groups excluding carboxylic acids is 4. The van der Waals surface area contributed by atoms with E-state index in [1.165, 1.54) is 24.3 Å². The molecular formula is C16H12FNO4.